The van der Waals surface area contributed by atoms with Crippen molar-refractivity contribution < 1.29 is 9.84 Å². The van der Waals surface area contributed by atoms with Gasteiger partial charge >= 0.3 is 0 Å². The summed E-state index contributed by atoms with van der Waals surface area (Å²) in [5.74, 6) is 1.15. The first-order valence-electron chi connectivity index (χ1n) is 8.20. The molecule has 1 aromatic rings. The largest absolute Gasteiger partial charge is 0.394 e. The van der Waals surface area contributed by atoms with Gasteiger partial charge in [-0.2, -0.15) is 0 Å². The third kappa shape index (κ3) is 3.34. The van der Waals surface area contributed by atoms with E-state index in [4.69, 9.17) is 14.8 Å². The monoisotopic (exact) mass is 429 g/mol. The fourth-order valence-corrected chi connectivity index (χ4v) is 3.81. The summed E-state index contributed by atoms with van der Waals surface area (Å²) in [6, 6.07) is 9.26. The lowest BCUT2D eigenvalue weighted by atomic mass is 9.95. The summed E-state index contributed by atoms with van der Waals surface area (Å²) in [5, 5.41) is 8.88. The molecular weight excluding hydrogens is 405 g/mol. The summed E-state index contributed by atoms with van der Waals surface area (Å²) in [4.78, 5) is 9.65. The van der Waals surface area contributed by atoms with E-state index in [9.17, 15) is 0 Å². The Morgan fingerprint density at radius 2 is 2.09 bits per heavy atom. The number of likely N-dealkylation sites (tertiary alicyclic amines) is 1. The van der Waals surface area contributed by atoms with Crippen LogP contribution in [0.4, 0.5) is 0 Å². The summed E-state index contributed by atoms with van der Waals surface area (Å²) < 4.78 is 5.67. The van der Waals surface area contributed by atoms with Crippen molar-refractivity contribution in [2.45, 2.75) is 31.5 Å². The molecule has 0 bridgehead atoms. The molecule has 4 rings (SSSR count). The highest BCUT2D eigenvalue weighted by atomic mass is 127. The van der Waals surface area contributed by atoms with E-state index in [0.717, 1.165) is 45.0 Å². The quantitative estimate of drug-likeness (QED) is 0.740. The van der Waals surface area contributed by atoms with Crippen molar-refractivity contribution in [3.05, 3.63) is 35.4 Å². The van der Waals surface area contributed by atoms with Crippen molar-refractivity contribution in [1.29, 1.82) is 0 Å². The molecule has 0 aromatic heterocycles. The Labute approximate surface area is 154 Å². The molecule has 0 radical (unpaired) electrons. The minimum atomic E-state index is 0. The first-order valence-corrected chi connectivity index (χ1v) is 8.20. The highest BCUT2D eigenvalue weighted by Crippen LogP contribution is 2.29. The maximum absolute atomic E-state index is 8.88. The lowest BCUT2D eigenvalue weighted by Gasteiger charge is -2.36. The van der Waals surface area contributed by atoms with Gasteiger partial charge in [-0.3, -0.25) is 4.99 Å². The van der Waals surface area contributed by atoms with Crippen LogP contribution in [0, 0.1) is 0 Å². The van der Waals surface area contributed by atoms with Crippen LogP contribution in [0.3, 0.4) is 0 Å². The normalized spacial score (nSPS) is 25.7. The minimum Gasteiger partial charge on any atom is -0.394 e. The van der Waals surface area contributed by atoms with Gasteiger partial charge in [-0.25, -0.2) is 0 Å². The highest BCUT2D eigenvalue weighted by Gasteiger charge is 2.37. The van der Waals surface area contributed by atoms with Gasteiger partial charge in [0.1, 0.15) is 0 Å². The van der Waals surface area contributed by atoms with Crippen molar-refractivity contribution in [3.8, 4) is 0 Å². The van der Waals surface area contributed by atoms with Crippen LogP contribution < -0.4 is 0 Å². The number of rotatable bonds is 3. The third-order valence-electron chi connectivity index (χ3n) is 4.93. The summed E-state index contributed by atoms with van der Waals surface area (Å²) >= 11 is 0. The molecule has 1 N–H and O–H groups in total. The van der Waals surface area contributed by atoms with Gasteiger partial charge in [0, 0.05) is 19.6 Å². The molecular formula is C17H24IN3O2. The molecule has 3 aliphatic rings. The Kier molecular flexibility index (Phi) is 5.43. The minimum absolute atomic E-state index is 0. The molecule has 23 heavy (non-hydrogen) atoms. The summed E-state index contributed by atoms with van der Waals surface area (Å²) in [6.07, 6.45) is 2.35. The molecule has 0 aliphatic carbocycles. The van der Waals surface area contributed by atoms with E-state index in [0.29, 0.717) is 12.6 Å². The van der Waals surface area contributed by atoms with E-state index in [1.54, 1.807) is 0 Å². The van der Waals surface area contributed by atoms with Gasteiger partial charge in [-0.15, -0.1) is 24.0 Å². The second-order valence-electron chi connectivity index (χ2n) is 6.35. The second-order valence-corrected chi connectivity index (χ2v) is 6.35. The Morgan fingerprint density at radius 3 is 2.91 bits per heavy atom. The smallest absolute Gasteiger partial charge is 0.197 e. The highest BCUT2D eigenvalue weighted by molar-refractivity contribution is 14.0. The van der Waals surface area contributed by atoms with E-state index < -0.39 is 0 Å². The Hall–Kier alpha value is -0.860. The van der Waals surface area contributed by atoms with Crippen molar-refractivity contribution in [1.82, 2.24) is 9.80 Å². The summed E-state index contributed by atoms with van der Waals surface area (Å²) in [6.45, 7) is 4.30. The number of benzene rings is 1. The predicted molar refractivity (Wildman–Crippen MR) is 100 cm³/mol. The number of aliphatic hydroxyl groups is 1. The Balaban J connectivity index is 0.00000156. The first kappa shape index (κ1) is 17.0. The average molecular weight is 429 g/mol. The standard InChI is InChI=1S/C17H23N3O2.HI/c21-7-8-22-16-5-6-19(12-16)17-18-10-15-9-13-3-1-2-4-14(13)11-20(15)17;/h1-4,15-16,21H,5-12H2;1H/t15-,16?;/m0./s1. The van der Waals surface area contributed by atoms with Crippen LogP contribution in [-0.4, -0.2) is 65.9 Å². The van der Waals surface area contributed by atoms with E-state index in [2.05, 4.69) is 34.1 Å². The van der Waals surface area contributed by atoms with Crippen LogP contribution >= 0.6 is 24.0 Å². The van der Waals surface area contributed by atoms with Crippen LogP contribution in [0.15, 0.2) is 29.3 Å². The maximum Gasteiger partial charge on any atom is 0.197 e. The molecule has 1 fully saturated rings. The van der Waals surface area contributed by atoms with Gasteiger partial charge in [0.15, 0.2) is 5.96 Å². The predicted octanol–water partition coefficient (Wildman–Crippen LogP) is 1.48. The molecule has 1 unspecified atom stereocenters. The number of ether oxygens (including phenoxy) is 1. The molecule has 3 aliphatic heterocycles. The molecule has 3 heterocycles. The summed E-state index contributed by atoms with van der Waals surface area (Å²) in [5.41, 5.74) is 2.91. The van der Waals surface area contributed by atoms with Gasteiger partial charge in [-0.1, -0.05) is 24.3 Å². The van der Waals surface area contributed by atoms with Crippen molar-refractivity contribution in [2.24, 2.45) is 4.99 Å². The van der Waals surface area contributed by atoms with Crippen LogP contribution in [0.2, 0.25) is 0 Å². The Morgan fingerprint density at radius 1 is 1.26 bits per heavy atom. The lowest BCUT2D eigenvalue weighted by Crippen LogP contribution is -2.47. The topological polar surface area (TPSA) is 48.3 Å². The number of aliphatic imine (C=N–C) groups is 1. The number of halogens is 1. The lowest BCUT2D eigenvalue weighted by molar-refractivity contribution is 0.0365. The fourth-order valence-electron chi connectivity index (χ4n) is 3.81. The third-order valence-corrected chi connectivity index (χ3v) is 4.93. The molecule has 0 spiro atoms. The zero-order chi connectivity index (χ0) is 14.9. The van der Waals surface area contributed by atoms with Gasteiger partial charge < -0.3 is 19.6 Å². The molecule has 6 heteroatoms. The molecule has 5 nitrogen and oxygen atoms in total. The SMILES string of the molecule is I.OCCOC1CCN(C2=NC[C@@H]3Cc4ccccc4CN23)C1. The second kappa shape index (κ2) is 7.36. The van der Waals surface area contributed by atoms with Crippen LogP contribution in [0.25, 0.3) is 0 Å². The van der Waals surface area contributed by atoms with Crippen molar-refractivity contribution >= 4 is 29.9 Å². The maximum atomic E-state index is 8.88. The van der Waals surface area contributed by atoms with E-state index in [1.807, 2.05) is 0 Å². The van der Waals surface area contributed by atoms with E-state index in [1.165, 1.54) is 11.1 Å². The van der Waals surface area contributed by atoms with Gasteiger partial charge in [0.25, 0.3) is 0 Å². The average Bonchev–Trinajstić information content (AvgIpc) is 3.17. The Bertz CT molecular complexity index is 581. The summed E-state index contributed by atoms with van der Waals surface area (Å²) in [7, 11) is 0. The van der Waals surface area contributed by atoms with Crippen LogP contribution in [0.1, 0.15) is 17.5 Å². The van der Waals surface area contributed by atoms with Crippen LogP contribution in [0.5, 0.6) is 0 Å². The van der Waals surface area contributed by atoms with E-state index >= 15 is 0 Å². The van der Waals surface area contributed by atoms with Gasteiger partial charge in [0.05, 0.1) is 31.9 Å². The molecule has 126 valence electrons. The number of aliphatic hydroxyl groups excluding tert-OH is 1. The van der Waals surface area contributed by atoms with Crippen molar-refractivity contribution in [2.75, 3.05) is 32.8 Å². The molecule has 0 amide bonds. The molecule has 0 saturated carbocycles. The molecule has 2 atom stereocenters. The van der Waals surface area contributed by atoms with E-state index in [-0.39, 0.29) is 36.7 Å². The number of nitrogens with zero attached hydrogens (tertiary/aromatic N) is 3. The zero-order valence-corrected chi connectivity index (χ0v) is 15.6. The fraction of sp³-hybridized carbons (Fsp3) is 0.588. The number of fused-ring (bicyclic) bond motifs is 2. The zero-order valence-electron chi connectivity index (χ0n) is 13.2. The van der Waals surface area contributed by atoms with Crippen LogP contribution in [-0.2, 0) is 17.7 Å². The first-order chi connectivity index (χ1) is 10.8. The number of guanidine groups is 1. The molecule has 1 saturated heterocycles. The number of hydrogen-bond acceptors (Lipinski definition) is 5. The number of hydrogen-bond donors (Lipinski definition) is 1. The van der Waals surface area contributed by atoms with Gasteiger partial charge in [-0.05, 0) is 24.0 Å². The molecule has 1 aromatic carbocycles. The van der Waals surface area contributed by atoms with Crippen molar-refractivity contribution in [3.63, 3.8) is 0 Å². The van der Waals surface area contributed by atoms with Gasteiger partial charge in [0.2, 0.25) is 0 Å².